The van der Waals surface area contributed by atoms with Gasteiger partial charge in [0.2, 0.25) is 0 Å². The molecule has 0 radical (unpaired) electrons. The van der Waals surface area contributed by atoms with Crippen LogP contribution >= 0.6 is 0 Å². The maximum absolute atomic E-state index is 6.14. The van der Waals surface area contributed by atoms with Gasteiger partial charge in [-0.25, -0.2) is 4.99 Å². The van der Waals surface area contributed by atoms with Crippen molar-refractivity contribution in [2.45, 2.75) is 45.1 Å². The highest BCUT2D eigenvalue weighted by atomic mass is 15.2. The molecule has 2 N–H and O–H groups in total. The van der Waals surface area contributed by atoms with E-state index in [-0.39, 0.29) is 0 Å². The van der Waals surface area contributed by atoms with Gasteiger partial charge < -0.3 is 10.6 Å². The fraction of sp³-hybridized carbons (Fsp3) is 0.562. The van der Waals surface area contributed by atoms with Crippen molar-refractivity contribution in [2.24, 2.45) is 10.7 Å². The van der Waals surface area contributed by atoms with Crippen LogP contribution < -0.4 is 5.73 Å². The Morgan fingerprint density at radius 3 is 2.16 bits per heavy atom. The molecule has 3 heteroatoms. The molecule has 1 aliphatic heterocycles. The normalized spacial score (nSPS) is 18.5. The number of guanidine groups is 1. The number of nitrogens with zero attached hydrogens (tertiary/aromatic N) is 2. The van der Waals surface area contributed by atoms with Crippen molar-refractivity contribution in [1.29, 1.82) is 0 Å². The SMILES string of the molecule is NC(=NCc1ccccc1)N1CCCCCCCC1. The number of nitrogens with two attached hydrogens (primary N) is 1. The lowest BCUT2D eigenvalue weighted by Gasteiger charge is -2.22. The van der Waals surface area contributed by atoms with E-state index in [1.165, 1.54) is 44.1 Å². The largest absolute Gasteiger partial charge is 0.370 e. The molecule has 0 aliphatic carbocycles. The number of hydrogen-bond acceptors (Lipinski definition) is 1. The Bertz CT molecular complexity index is 376. The lowest BCUT2D eigenvalue weighted by Crippen LogP contribution is -2.38. The second kappa shape index (κ2) is 7.82. The van der Waals surface area contributed by atoms with Crippen molar-refractivity contribution in [1.82, 2.24) is 4.90 Å². The summed E-state index contributed by atoms with van der Waals surface area (Å²) in [6.07, 6.45) is 7.86. The third kappa shape index (κ3) is 4.93. The fourth-order valence-corrected chi connectivity index (χ4v) is 2.51. The first kappa shape index (κ1) is 13.9. The van der Waals surface area contributed by atoms with E-state index in [1.54, 1.807) is 0 Å². The molecule has 0 aromatic heterocycles. The fourth-order valence-electron chi connectivity index (χ4n) is 2.51. The number of aliphatic imine (C=N–C) groups is 1. The molecular weight excluding hydrogens is 234 g/mol. The van der Waals surface area contributed by atoms with Crippen LogP contribution in [0.5, 0.6) is 0 Å². The molecule has 0 bridgehead atoms. The summed E-state index contributed by atoms with van der Waals surface area (Å²) in [5.74, 6) is 0.714. The van der Waals surface area contributed by atoms with Gasteiger partial charge in [-0.05, 0) is 18.4 Å². The van der Waals surface area contributed by atoms with Gasteiger partial charge in [0, 0.05) is 13.1 Å². The predicted octanol–water partition coefficient (Wildman–Crippen LogP) is 3.16. The Labute approximate surface area is 116 Å². The Morgan fingerprint density at radius 1 is 0.947 bits per heavy atom. The Morgan fingerprint density at radius 2 is 1.53 bits per heavy atom. The van der Waals surface area contributed by atoms with Gasteiger partial charge in [0.05, 0.1) is 6.54 Å². The zero-order valence-corrected chi connectivity index (χ0v) is 11.7. The van der Waals surface area contributed by atoms with Crippen molar-refractivity contribution in [3.05, 3.63) is 35.9 Å². The summed E-state index contributed by atoms with van der Waals surface area (Å²) in [6, 6.07) is 10.3. The number of rotatable bonds is 2. The first-order chi connectivity index (χ1) is 9.36. The van der Waals surface area contributed by atoms with E-state index < -0.39 is 0 Å². The van der Waals surface area contributed by atoms with Gasteiger partial charge >= 0.3 is 0 Å². The summed E-state index contributed by atoms with van der Waals surface area (Å²) in [7, 11) is 0. The number of hydrogen-bond donors (Lipinski definition) is 1. The highest BCUT2D eigenvalue weighted by Gasteiger charge is 2.09. The Hall–Kier alpha value is -1.51. The van der Waals surface area contributed by atoms with Crippen LogP contribution in [0.4, 0.5) is 0 Å². The minimum atomic E-state index is 0.684. The van der Waals surface area contributed by atoms with E-state index in [4.69, 9.17) is 5.73 Å². The minimum absolute atomic E-state index is 0.684. The molecular formula is C16H25N3. The molecule has 19 heavy (non-hydrogen) atoms. The molecule has 1 aromatic carbocycles. The second-order valence-electron chi connectivity index (χ2n) is 5.27. The maximum atomic E-state index is 6.14. The van der Waals surface area contributed by atoms with Gasteiger partial charge in [0.15, 0.2) is 5.96 Å². The van der Waals surface area contributed by atoms with Gasteiger partial charge in [-0.2, -0.15) is 0 Å². The molecule has 1 heterocycles. The zero-order valence-electron chi connectivity index (χ0n) is 11.7. The third-order valence-electron chi connectivity index (χ3n) is 3.70. The molecule has 0 unspecified atom stereocenters. The predicted molar refractivity (Wildman–Crippen MR) is 81.0 cm³/mol. The molecule has 0 saturated carbocycles. The summed E-state index contributed by atoms with van der Waals surface area (Å²) >= 11 is 0. The molecule has 1 saturated heterocycles. The quantitative estimate of drug-likeness (QED) is 0.655. The van der Waals surface area contributed by atoms with Gasteiger partial charge in [0.1, 0.15) is 0 Å². The van der Waals surface area contributed by atoms with Crippen LogP contribution in [-0.2, 0) is 6.54 Å². The van der Waals surface area contributed by atoms with Gasteiger partial charge in [-0.3, -0.25) is 0 Å². The Balaban J connectivity index is 1.90. The molecule has 1 aliphatic rings. The van der Waals surface area contributed by atoms with E-state index in [9.17, 15) is 0 Å². The van der Waals surface area contributed by atoms with Crippen LogP contribution in [0.1, 0.15) is 44.1 Å². The minimum Gasteiger partial charge on any atom is -0.370 e. The number of benzene rings is 1. The summed E-state index contributed by atoms with van der Waals surface area (Å²) in [5.41, 5.74) is 7.36. The van der Waals surface area contributed by atoms with Gasteiger partial charge in [0.25, 0.3) is 0 Å². The summed E-state index contributed by atoms with van der Waals surface area (Å²) in [4.78, 5) is 6.80. The first-order valence-electron chi connectivity index (χ1n) is 7.45. The second-order valence-corrected chi connectivity index (χ2v) is 5.27. The van der Waals surface area contributed by atoms with E-state index in [0.717, 1.165) is 13.1 Å². The van der Waals surface area contributed by atoms with Gasteiger partial charge in [-0.15, -0.1) is 0 Å². The summed E-state index contributed by atoms with van der Waals surface area (Å²) < 4.78 is 0. The molecule has 0 spiro atoms. The summed E-state index contributed by atoms with van der Waals surface area (Å²) in [5, 5.41) is 0. The lowest BCUT2D eigenvalue weighted by molar-refractivity contribution is 0.400. The van der Waals surface area contributed by atoms with E-state index >= 15 is 0 Å². The summed E-state index contributed by atoms with van der Waals surface area (Å²) in [6.45, 7) is 2.80. The van der Waals surface area contributed by atoms with Crippen LogP contribution in [0.3, 0.4) is 0 Å². The smallest absolute Gasteiger partial charge is 0.191 e. The molecule has 0 amide bonds. The Kier molecular flexibility index (Phi) is 5.73. The van der Waals surface area contributed by atoms with Crippen LogP contribution in [0.15, 0.2) is 35.3 Å². The third-order valence-corrected chi connectivity index (χ3v) is 3.70. The highest BCUT2D eigenvalue weighted by Crippen LogP contribution is 2.11. The average Bonchev–Trinajstić information content (AvgIpc) is 2.59. The molecule has 1 aromatic rings. The van der Waals surface area contributed by atoms with E-state index in [1.807, 2.05) is 18.2 Å². The maximum Gasteiger partial charge on any atom is 0.191 e. The first-order valence-corrected chi connectivity index (χ1v) is 7.45. The van der Waals surface area contributed by atoms with Crippen molar-refractivity contribution in [2.75, 3.05) is 13.1 Å². The van der Waals surface area contributed by atoms with Crippen molar-refractivity contribution in [3.63, 3.8) is 0 Å². The molecule has 104 valence electrons. The van der Waals surface area contributed by atoms with Crippen molar-refractivity contribution < 1.29 is 0 Å². The van der Waals surface area contributed by atoms with Crippen molar-refractivity contribution >= 4 is 5.96 Å². The van der Waals surface area contributed by atoms with Crippen LogP contribution in [-0.4, -0.2) is 23.9 Å². The van der Waals surface area contributed by atoms with Crippen LogP contribution in [0.2, 0.25) is 0 Å². The standard InChI is InChI=1S/C16H25N3/c17-16(18-14-15-10-6-5-7-11-15)19-12-8-3-1-2-4-9-13-19/h5-7,10-11H,1-4,8-9,12-14H2,(H2,17,18). The zero-order chi connectivity index (χ0) is 13.3. The monoisotopic (exact) mass is 259 g/mol. The average molecular weight is 259 g/mol. The van der Waals surface area contributed by atoms with E-state index in [2.05, 4.69) is 22.0 Å². The molecule has 3 nitrogen and oxygen atoms in total. The molecule has 2 rings (SSSR count). The van der Waals surface area contributed by atoms with Crippen LogP contribution in [0, 0.1) is 0 Å². The van der Waals surface area contributed by atoms with Gasteiger partial charge in [-0.1, -0.05) is 56.0 Å². The van der Waals surface area contributed by atoms with Crippen molar-refractivity contribution in [3.8, 4) is 0 Å². The van der Waals surface area contributed by atoms with E-state index in [0.29, 0.717) is 12.5 Å². The topological polar surface area (TPSA) is 41.6 Å². The molecule has 1 fully saturated rings. The lowest BCUT2D eigenvalue weighted by atomic mass is 10.1. The highest BCUT2D eigenvalue weighted by molar-refractivity contribution is 5.78. The molecule has 0 atom stereocenters. The van der Waals surface area contributed by atoms with Crippen LogP contribution in [0.25, 0.3) is 0 Å².